The summed E-state index contributed by atoms with van der Waals surface area (Å²) in [5, 5.41) is 9.23. The summed E-state index contributed by atoms with van der Waals surface area (Å²) >= 11 is 0. The van der Waals surface area contributed by atoms with E-state index in [0.717, 1.165) is 6.42 Å². The number of rotatable bonds is 7. The highest BCUT2D eigenvalue weighted by Gasteiger charge is 2.16. The van der Waals surface area contributed by atoms with Gasteiger partial charge in [-0.1, -0.05) is 18.6 Å². The van der Waals surface area contributed by atoms with Crippen LogP contribution in [0.1, 0.15) is 26.2 Å². The highest BCUT2D eigenvalue weighted by Crippen LogP contribution is 2.17. The molecule has 0 fully saturated rings. The van der Waals surface area contributed by atoms with E-state index in [0.29, 0.717) is 12.1 Å². The number of nitrogens with zero attached hydrogens (tertiary/aromatic N) is 3. The molecule has 0 saturated carbocycles. The summed E-state index contributed by atoms with van der Waals surface area (Å²) in [6, 6.07) is 5.83. The van der Waals surface area contributed by atoms with Crippen LogP contribution in [0.15, 0.2) is 39.5 Å². The monoisotopic (exact) mass is 312 g/mol. The van der Waals surface area contributed by atoms with Crippen LogP contribution in [0.2, 0.25) is 0 Å². The van der Waals surface area contributed by atoms with Crippen molar-refractivity contribution in [3.05, 3.63) is 24.3 Å². The lowest BCUT2D eigenvalue weighted by Crippen LogP contribution is -2.30. The van der Waals surface area contributed by atoms with Crippen LogP contribution in [0.3, 0.4) is 0 Å². The molecule has 1 amide bonds. The zero-order chi connectivity index (χ0) is 15.9. The molecule has 0 spiro atoms. The van der Waals surface area contributed by atoms with Crippen molar-refractivity contribution >= 4 is 21.6 Å². The van der Waals surface area contributed by atoms with Gasteiger partial charge in [-0.3, -0.25) is 9.80 Å². The van der Waals surface area contributed by atoms with Crippen LogP contribution in [0, 0.1) is 0 Å². The SMILES string of the molecule is CCCCC(=O)NS(=O)(=O)c1ccc(N=NN(C)C)cc1. The van der Waals surface area contributed by atoms with E-state index in [1.165, 1.54) is 29.3 Å². The number of carbonyl (C=O) groups is 1. The first-order chi connectivity index (χ1) is 9.85. The van der Waals surface area contributed by atoms with Crippen molar-refractivity contribution in [2.75, 3.05) is 14.1 Å². The van der Waals surface area contributed by atoms with Crippen molar-refractivity contribution in [2.45, 2.75) is 31.1 Å². The van der Waals surface area contributed by atoms with Gasteiger partial charge in [-0.05, 0) is 30.7 Å². The first kappa shape index (κ1) is 17.1. The molecular formula is C13H20N4O3S. The number of nitrogens with one attached hydrogen (secondary N) is 1. The smallest absolute Gasteiger partial charge is 0.264 e. The Kier molecular flexibility index (Phi) is 6.29. The van der Waals surface area contributed by atoms with Gasteiger partial charge in [-0.2, -0.15) is 0 Å². The molecule has 0 heterocycles. The minimum atomic E-state index is -3.82. The molecule has 1 rings (SSSR count). The highest BCUT2D eigenvalue weighted by molar-refractivity contribution is 7.90. The number of hydrogen-bond donors (Lipinski definition) is 1. The van der Waals surface area contributed by atoms with Crippen molar-refractivity contribution in [2.24, 2.45) is 10.3 Å². The molecule has 0 aliphatic rings. The maximum atomic E-state index is 12.0. The molecule has 8 heteroatoms. The predicted octanol–water partition coefficient (Wildman–Crippen LogP) is 2.24. The molecular weight excluding hydrogens is 292 g/mol. The summed E-state index contributed by atoms with van der Waals surface area (Å²) in [6.07, 6.45) is 1.69. The number of benzene rings is 1. The standard InChI is InChI=1S/C13H20N4O3S/c1-4-5-6-13(18)15-21(19,20)12-9-7-11(8-10-12)14-16-17(2)3/h7-10H,4-6H2,1-3H3,(H,15,18). The van der Waals surface area contributed by atoms with Crippen molar-refractivity contribution in [3.8, 4) is 0 Å². The fourth-order valence-corrected chi connectivity index (χ4v) is 2.44. The maximum absolute atomic E-state index is 12.0. The van der Waals surface area contributed by atoms with Crippen LogP contribution >= 0.6 is 0 Å². The topological polar surface area (TPSA) is 91.2 Å². The normalized spacial score (nSPS) is 11.6. The molecule has 0 bridgehead atoms. The van der Waals surface area contributed by atoms with Gasteiger partial charge in [-0.15, -0.1) is 5.11 Å². The van der Waals surface area contributed by atoms with Gasteiger partial charge in [0.25, 0.3) is 10.0 Å². The quantitative estimate of drug-likeness (QED) is 0.617. The minimum Gasteiger partial charge on any atom is -0.285 e. The number of hydrogen-bond acceptors (Lipinski definition) is 5. The van der Waals surface area contributed by atoms with E-state index in [2.05, 4.69) is 10.3 Å². The second-order valence-electron chi connectivity index (χ2n) is 4.66. The largest absolute Gasteiger partial charge is 0.285 e. The summed E-state index contributed by atoms with van der Waals surface area (Å²) in [4.78, 5) is 11.5. The molecule has 1 aromatic rings. The first-order valence-corrected chi connectivity index (χ1v) is 8.08. The number of amides is 1. The summed E-state index contributed by atoms with van der Waals surface area (Å²) < 4.78 is 26.0. The molecule has 1 N–H and O–H groups in total. The number of unbranched alkanes of at least 4 members (excludes halogenated alkanes) is 1. The van der Waals surface area contributed by atoms with E-state index >= 15 is 0 Å². The summed E-state index contributed by atoms with van der Waals surface area (Å²) in [6.45, 7) is 1.93. The second-order valence-corrected chi connectivity index (χ2v) is 6.35. The number of carbonyl (C=O) groups excluding carboxylic acids is 1. The van der Waals surface area contributed by atoms with Gasteiger partial charge in [-0.25, -0.2) is 13.1 Å². The Bertz CT molecular complexity index is 594. The zero-order valence-corrected chi connectivity index (χ0v) is 13.2. The Balaban J connectivity index is 2.78. The number of sulfonamides is 1. The van der Waals surface area contributed by atoms with E-state index in [1.54, 1.807) is 14.1 Å². The Morgan fingerprint density at radius 1 is 1.24 bits per heavy atom. The molecule has 116 valence electrons. The average molecular weight is 312 g/mol. The van der Waals surface area contributed by atoms with E-state index in [4.69, 9.17) is 0 Å². The molecule has 0 aliphatic heterocycles. The van der Waals surface area contributed by atoms with Crippen LogP contribution in [0.25, 0.3) is 0 Å². The van der Waals surface area contributed by atoms with Crippen LogP contribution in [0.4, 0.5) is 5.69 Å². The van der Waals surface area contributed by atoms with Gasteiger partial charge < -0.3 is 0 Å². The molecule has 21 heavy (non-hydrogen) atoms. The van der Waals surface area contributed by atoms with Crippen molar-refractivity contribution in [3.63, 3.8) is 0 Å². The molecule has 1 aromatic carbocycles. The molecule has 0 atom stereocenters. The highest BCUT2D eigenvalue weighted by atomic mass is 32.2. The van der Waals surface area contributed by atoms with E-state index in [9.17, 15) is 13.2 Å². The predicted molar refractivity (Wildman–Crippen MR) is 79.5 cm³/mol. The van der Waals surface area contributed by atoms with E-state index in [1.807, 2.05) is 11.6 Å². The van der Waals surface area contributed by atoms with Crippen LogP contribution < -0.4 is 4.72 Å². The van der Waals surface area contributed by atoms with E-state index in [-0.39, 0.29) is 11.3 Å². The molecule has 0 aliphatic carbocycles. The van der Waals surface area contributed by atoms with Crippen LogP contribution in [0.5, 0.6) is 0 Å². The maximum Gasteiger partial charge on any atom is 0.264 e. The average Bonchev–Trinajstić information content (AvgIpc) is 2.43. The van der Waals surface area contributed by atoms with Gasteiger partial charge in [0.05, 0.1) is 10.6 Å². The second kappa shape index (κ2) is 7.72. The lowest BCUT2D eigenvalue weighted by atomic mass is 10.2. The lowest BCUT2D eigenvalue weighted by molar-refractivity contribution is -0.119. The van der Waals surface area contributed by atoms with Crippen LogP contribution in [-0.4, -0.2) is 33.4 Å². The molecule has 0 saturated heterocycles. The van der Waals surface area contributed by atoms with Gasteiger partial charge in [0.2, 0.25) is 5.91 Å². The Morgan fingerprint density at radius 3 is 2.38 bits per heavy atom. The summed E-state index contributed by atoms with van der Waals surface area (Å²) in [5.74, 6) is -0.492. The van der Waals surface area contributed by atoms with Crippen LogP contribution in [-0.2, 0) is 14.8 Å². The third-order valence-electron chi connectivity index (χ3n) is 2.49. The molecule has 0 radical (unpaired) electrons. The van der Waals surface area contributed by atoms with Crippen molar-refractivity contribution in [1.29, 1.82) is 0 Å². The lowest BCUT2D eigenvalue weighted by Gasteiger charge is -2.06. The van der Waals surface area contributed by atoms with Gasteiger partial charge in [0.15, 0.2) is 0 Å². The molecule has 0 unspecified atom stereocenters. The molecule has 0 aromatic heterocycles. The Morgan fingerprint density at radius 2 is 1.86 bits per heavy atom. The minimum absolute atomic E-state index is 0.0242. The Hall–Kier alpha value is -1.96. The Labute approximate surface area is 125 Å². The molecule has 7 nitrogen and oxygen atoms in total. The van der Waals surface area contributed by atoms with Gasteiger partial charge in [0, 0.05) is 20.5 Å². The fraction of sp³-hybridized carbons (Fsp3) is 0.462. The third kappa shape index (κ3) is 5.90. The zero-order valence-electron chi connectivity index (χ0n) is 12.4. The van der Waals surface area contributed by atoms with Gasteiger partial charge in [0.1, 0.15) is 0 Å². The van der Waals surface area contributed by atoms with E-state index < -0.39 is 15.9 Å². The van der Waals surface area contributed by atoms with Gasteiger partial charge >= 0.3 is 0 Å². The summed E-state index contributed by atoms with van der Waals surface area (Å²) in [7, 11) is -0.360. The first-order valence-electron chi connectivity index (χ1n) is 6.60. The fourth-order valence-electron chi connectivity index (χ4n) is 1.43. The summed E-state index contributed by atoms with van der Waals surface area (Å²) in [5.41, 5.74) is 0.528. The third-order valence-corrected chi connectivity index (χ3v) is 3.88. The van der Waals surface area contributed by atoms with Crippen molar-refractivity contribution < 1.29 is 13.2 Å². The van der Waals surface area contributed by atoms with Crippen molar-refractivity contribution in [1.82, 2.24) is 9.73 Å².